The topological polar surface area (TPSA) is 47.6 Å². The molecule has 0 aromatic heterocycles. The lowest BCUT2D eigenvalue weighted by atomic mass is 10.1. The summed E-state index contributed by atoms with van der Waals surface area (Å²) in [6, 6.07) is 13.7. The zero-order valence-electron chi connectivity index (χ0n) is 12.6. The van der Waals surface area contributed by atoms with Gasteiger partial charge in [0.25, 0.3) is 0 Å². The van der Waals surface area contributed by atoms with Gasteiger partial charge >= 0.3 is 0 Å². The number of halogens is 1. The summed E-state index contributed by atoms with van der Waals surface area (Å²) in [5, 5.41) is 2.85. The molecule has 0 unspecified atom stereocenters. The minimum atomic E-state index is -0.270. The summed E-state index contributed by atoms with van der Waals surface area (Å²) in [6.45, 7) is 0.811. The Bertz CT molecular complexity index is 672. The summed E-state index contributed by atoms with van der Waals surface area (Å²) in [5.74, 6) is 1.10. The molecule has 0 radical (unpaired) electrons. The second-order valence-electron chi connectivity index (χ2n) is 5.43. The standard InChI is InChI=1S/C18H18FNO3/c19-14-8-5-13(6-9-14)7-10-18(21)20-11-15-12-22-16-3-1-2-4-17(16)23-15/h1-6,8-9,15H,7,10-12H2,(H,20,21)/t15-/m0/s1. The molecule has 120 valence electrons. The van der Waals surface area contributed by atoms with Crippen molar-refractivity contribution in [1.29, 1.82) is 0 Å². The van der Waals surface area contributed by atoms with Crippen LogP contribution < -0.4 is 14.8 Å². The number of hydrogen-bond donors (Lipinski definition) is 1. The summed E-state index contributed by atoms with van der Waals surface area (Å²) in [6.07, 6.45) is 0.743. The lowest BCUT2D eigenvalue weighted by molar-refractivity contribution is -0.121. The molecular formula is C18H18FNO3. The Balaban J connectivity index is 1.42. The Morgan fingerprint density at radius 2 is 1.87 bits per heavy atom. The molecule has 4 nitrogen and oxygen atoms in total. The van der Waals surface area contributed by atoms with Crippen LogP contribution >= 0.6 is 0 Å². The van der Waals surface area contributed by atoms with Crippen LogP contribution in [0.5, 0.6) is 11.5 Å². The number of amides is 1. The van der Waals surface area contributed by atoms with Crippen molar-refractivity contribution < 1.29 is 18.7 Å². The highest BCUT2D eigenvalue weighted by molar-refractivity contribution is 5.76. The molecule has 1 N–H and O–H groups in total. The number of benzene rings is 2. The highest BCUT2D eigenvalue weighted by Crippen LogP contribution is 2.30. The van der Waals surface area contributed by atoms with Gasteiger partial charge in [0.2, 0.25) is 5.91 Å². The fourth-order valence-electron chi connectivity index (χ4n) is 2.39. The third-order valence-electron chi connectivity index (χ3n) is 3.65. The maximum atomic E-state index is 12.8. The van der Waals surface area contributed by atoms with E-state index >= 15 is 0 Å². The number of para-hydroxylation sites is 2. The fourth-order valence-corrected chi connectivity index (χ4v) is 2.39. The maximum absolute atomic E-state index is 12.8. The zero-order valence-corrected chi connectivity index (χ0v) is 12.6. The van der Waals surface area contributed by atoms with Crippen molar-refractivity contribution in [3.8, 4) is 11.5 Å². The van der Waals surface area contributed by atoms with Gasteiger partial charge in [0.05, 0.1) is 6.54 Å². The normalized spacial score (nSPS) is 16.0. The highest BCUT2D eigenvalue weighted by atomic mass is 19.1. The van der Waals surface area contributed by atoms with Crippen LogP contribution in [0.1, 0.15) is 12.0 Å². The molecule has 3 rings (SSSR count). The third kappa shape index (κ3) is 4.22. The van der Waals surface area contributed by atoms with Crippen LogP contribution in [0.15, 0.2) is 48.5 Å². The number of aryl methyl sites for hydroxylation is 1. The van der Waals surface area contributed by atoms with E-state index in [1.54, 1.807) is 12.1 Å². The van der Waals surface area contributed by atoms with Crippen LogP contribution in [0.25, 0.3) is 0 Å². The van der Waals surface area contributed by atoms with Crippen LogP contribution in [-0.2, 0) is 11.2 Å². The number of ether oxygens (including phenoxy) is 2. The van der Waals surface area contributed by atoms with Crippen LogP contribution in [0.2, 0.25) is 0 Å². The Labute approximate surface area is 134 Å². The van der Waals surface area contributed by atoms with Crippen molar-refractivity contribution in [1.82, 2.24) is 5.32 Å². The van der Waals surface area contributed by atoms with E-state index in [-0.39, 0.29) is 17.8 Å². The van der Waals surface area contributed by atoms with Crippen molar-refractivity contribution >= 4 is 5.91 Å². The molecule has 0 aliphatic carbocycles. The molecular weight excluding hydrogens is 297 g/mol. The first-order valence-corrected chi connectivity index (χ1v) is 7.60. The largest absolute Gasteiger partial charge is 0.486 e. The van der Waals surface area contributed by atoms with E-state index in [9.17, 15) is 9.18 Å². The predicted molar refractivity (Wildman–Crippen MR) is 84.1 cm³/mol. The average Bonchev–Trinajstić information content (AvgIpc) is 2.59. The predicted octanol–water partition coefficient (Wildman–Crippen LogP) is 2.71. The smallest absolute Gasteiger partial charge is 0.220 e. The molecule has 0 saturated heterocycles. The SMILES string of the molecule is O=C(CCc1ccc(F)cc1)NC[C@H]1COc2ccccc2O1. The molecule has 1 atom stereocenters. The van der Waals surface area contributed by atoms with Crippen molar-refractivity contribution in [3.63, 3.8) is 0 Å². The third-order valence-corrected chi connectivity index (χ3v) is 3.65. The molecule has 2 aromatic rings. The van der Waals surface area contributed by atoms with Gasteiger partial charge in [-0.2, -0.15) is 0 Å². The quantitative estimate of drug-likeness (QED) is 0.923. The summed E-state index contributed by atoms with van der Waals surface area (Å²) in [7, 11) is 0. The van der Waals surface area contributed by atoms with Crippen LogP contribution in [-0.4, -0.2) is 25.2 Å². The fraction of sp³-hybridized carbons (Fsp3) is 0.278. The van der Waals surface area contributed by atoms with Gasteiger partial charge in [-0.05, 0) is 36.2 Å². The number of rotatable bonds is 5. The van der Waals surface area contributed by atoms with Gasteiger partial charge in [0.15, 0.2) is 11.5 Å². The molecule has 0 spiro atoms. The van der Waals surface area contributed by atoms with Crippen LogP contribution in [0, 0.1) is 5.82 Å². The monoisotopic (exact) mass is 315 g/mol. The Morgan fingerprint density at radius 3 is 2.65 bits per heavy atom. The average molecular weight is 315 g/mol. The molecule has 1 aliphatic rings. The van der Waals surface area contributed by atoms with E-state index in [1.165, 1.54) is 12.1 Å². The molecule has 23 heavy (non-hydrogen) atoms. The molecule has 0 fully saturated rings. The first kappa shape index (κ1) is 15.3. The van der Waals surface area contributed by atoms with Gasteiger partial charge in [-0.25, -0.2) is 4.39 Å². The molecule has 1 aliphatic heterocycles. The van der Waals surface area contributed by atoms with Crippen molar-refractivity contribution in [3.05, 3.63) is 59.9 Å². The van der Waals surface area contributed by atoms with Crippen molar-refractivity contribution in [2.24, 2.45) is 0 Å². The van der Waals surface area contributed by atoms with Crippen molar-refractivity contribution in [2.75, 3.05) is 13.2 Å². The summed E-state index contributed by atoms with van der Waals surface area (Å²) < 4.78 is 24.2. The number of carbonyl (C=O) groups is 1. The molecule has 5 heteroatoms. The maximum Gasteiger partial charge on any atom is 0.220 e. The highest BCUT2D eigenvalue weighted by Gasteiger charge is 2.20. The first-order valence-electron chi connectivity index (χ1n) is 7.60. The van der Waals surface area contributed by atoms with Crippen molar-refractivity contribution in [2.45, 2.75) is 18.9 Å². The Kier molecular flexibility index (Phi) is 4.76. The number of hydrogen-bond acceptors (Lipinski definition) is 3. The van der Waals surface area contributed by atoms with E-state index in [4.69, 9.17) is 9.47 Å². The van der Waals surface area contributed by atoms with E-state index < -0.39 is 0 Å². The van der Waals surface area contributed by atoms with Gasteiger partial charge in [0.1, 0.15) is 18.5 Å². The number of nitrogens with one attached hydrogen (secondary N) is 1. The summed E-state index contributed by atoms with van der Waals surface area (Å²) in [4.78, 5) is 11.9. The lowest BCUT2D eigenvalue weighted by Gasteiger charge is -2.26. The van der Waals surface area contributed by atoms with E-state index in [0.29, 0.717) is 31.7 Å². The lowest BCUT2D eigenvalue weighted by Crippen LogP contribution is -2.40. The summed E-state index contributed by atoms with van der Waals surface area (Å²) in [5.41, 5.74) is 0.938. The second-order valence-corrected chi connectivity index (χ2v) is 5.43. The van der Waals surface area contributed by atoms with Crippen LogP contribution in [0.3, 0.4) is 0 Å². The van der Waals surface area contributed by atoms with Gasteiger partial charge < -0.3 is 14.8 Å². The number of carbonyl (C=O) groups excluding carboxylic acids is 1. The molecule has 2 aromatic carbocycles. The minimum Gasteiger partial charge on any atom is -0.486 e. The van der Waals surface area contributed by atoms with Crippen LogP contribution in [0.4, 0.5) is 4.39 Å². The number of fused-ring (bicyclic) bond motifs is 1. The Morgan fingerprint density at radius 1 is 1.13 bits per heavy atom. The molecule has 0 saturated carbocycles. The minimum absolute atomic E-state index is 0.0585. The van der Waals surface area contributed by atoms with Gasteiger partial charge in [-0.3, -0.25) is 4.79 Å². The summed E-state index contributed by atoms with van der Waals surface area (Å²) >= 11 is 0. The van der Waals surface area contributed by atoms with E-state index in [2.05, 4.69) is 5.32 Å². The van der Waals surface area contributed by atoms with E-state index in [1.807, 2.05) is 24.3 Å². The molecule has 1 amide bonds. The first-order chi connectivity index (χ1) is 11.2. The van der Waals surface area contributed by atoms with Gasteiger partial charge in [-0.15, -0.1) is 0 Å². The zero-order chi connectivity index (χ0) is 16.1. The van der Waals surface area contributed by atoms with E-state index in [0.717, 1.165) is 11.3 Å². The Hall–Kier alpha value is -2.56. The molecule has 0 bridgehead atoms. The second kappa shape index (κ2) is 7.13. The molecule has 1 heterocycles. The van der Waals surface area contributed by atoms with Gasteiger partial charge in [0, 0.05) is 6.42 Å². The van der Waals surface area contributed by atoms with Gasteiger partial charge in [-0.1, -0.05) is 24.3 Å².